The Hall–Kier alpha value is -2.28. The molecule has 2 aromatic carbocycles. The lowest BCUT2D eigenvalue weighted by Crippen LogP contribution is -2.43. The zero-order valence-electron chi connectivity index (χ0n) is 17.3. The van der Waals surface area contributed by atoms with E-state index in [-0.39, 0.29) is 5.91 Å². The second-order valence-corrected chi connectivity index (χ2v) is 8.64. The van der Waals surface area contributed by atoms with Gasteiger partial charge in [-0.15, -0.1) is 0 Å². The van der Waals surface area contributed by atoms with Gasteiger partial charge in [-0.2, -0.15) is 0 Å². The van der Waals surface area contributed by atoms with Crippen molar-refractivity contribution in [1.82, 2.24) is 9.88 Å². The number of amides is 1. The minimum atomic E-state index is 0.00619. The number of carbonyl (C=O) groups excluding carboxylic acids is 1. The van der Waals surface area contributed by atoms with Gasteiger partial charge in [-0.25, -0.2) is 4.98 Å². The Morgan fingerprint density at radius 2 is 1.83 bits per heavy atom. The summed E-state index contributed by atoms with van der Waals surface area (Å²) in [5.74, 6) is 0.00619. The van der Waals surface area contributed by atoms with Gasteiger partial charge in [-0.05, 0) is 50.1 Å². The highest BCUT2D eigenvalue weighted by atomic mass is 32.1. The van der Waals surface area contributed by atoms with Crippen LogP contribution in [0.25, 0.3) is 10.2 Å². The molecule has 1 amide bonds. The standard InChI is InChI=1S/C23H27N3O2S/c1-16-4-7-19(8-5-16)22(27)26(11-10-25-12-14-28-15-13-25)23-24-21-18(3)17(2)6-9-20(21)29-23/h4-9H,10-15H2,1-3H3. The molecule has 4 rings (SSSR count). The number of aromatic nitrogens is 1. The number of fused-ring (bicyclic) bond motifs is 1. The summed E-state index contributed by atoms with van der Waals surface area (Å²) in [6.07, 6.45) is 0. The molecule has 0 atom stereocenters. The number of carbonyl (C=O) groups is 1. The second-order valence-electron chi connectivity index (χ2n) is 7.63. The summed E-state index contributed by atoms with van der Waals surface area (Å²) >= 11 is 1.59. The molecule has 1 aromatic heterocycles. The van der Waals surface area contributed by atoms with Gasteiger partial charge in [-0.1, -0.05) is 35.1 Å². The normalized spacial score (nSPS) is 15.0. The molecule has 0 spiro atoms. The fourth-order valence-electron chi connectivity index (χ4n) is 3.53. The molecule has 29 heavy (non-hydrogen) atoms. The summed E-state index contributed by atoms with van der Waals surface area (Å²) in [6, 6.07) is 12.0. The van der Waals surface area contributed by atoms with Gasteiger partial charge >= 0.3 is 0 Å². The Kier molecular flexibility index (Phi) is 5.94. The van der Waals surface area contributed by atoms with Gasteiger partial charge in [0, 0.05) is 31.7 Å². The first-order valence-corrected chi connectivity index (χ1v) is 10.9. The molecule has 152 valence electrons. The maximum Gasteiger partial charge on any atom is 0.260 e. The molecule has 1 aliphatic heterocycles. The van der Waals surface area contributed by atoms with Crippen molar-refractivity contribution >= 4 is 32.6 Å². The van der Waals surface area contributed by atoms with Crippen LogP contribution < -0.4 is 4.90 Å². The molecule has 0 saturated carbocycles. The Labute approximate surface area is 175 Å². The predicted molar refractivity (Wildman–Crippen MR) is 119 cm³/mol. The third kappa shape index (κ3) is 4.34. The average molecular weight is 410 g/mol. The maximum absolute atomic E-state index is 13.4. The minimum absolute atomic E-state index is 0.00619. The number of morpholine rings is 1. The fraction of sp³-hybridized carbons (Fsp3) is 0.391. The molecular weight excluding hydrogens is 382 g/mol. The minimum Gasteiger partial charge on any atom is -0.379 e. The van der Waals surface area contributed by atoms with E-state index < -0.39 is 0 Å². The van der Waals surface area contributed by atoms with E-state index in [9.17, 15) is 4.79 Å². The largest absolute Gasteiger partial charge is 0.379 e. The van der Waals surface area contributed by atoms with Crippen LogP contribution in [0.15, 0.2) is 36.4 Å². The van der Waals surface area contributed by atoms with Crippen LogP contribution in [0.5, 0.6) is 0 Å². The highest BCUT2D eigenvalue weighted by Gasteiger charge is 2.23. The van der Waals surface area contributed by atoms with Crippen LogP contribution >= 0.6 is 11.3 Å². The van der Waals surface area contributed by atoms with Gasteiger partial charge in [0.2, 0.25) is 0 Å². The van der Waals surface area contributed by atoms with Gasteiger partial charge in [0.1, 0.15) is 0 Å². The molecule has 0 N–H and O–H groups in total. The summed E-state index contributed by atoms with van der Waals surface area (Å²) in [6.45, 7) is 11.0. The lowest BCUT2D eigenvalue weighted by molar-refractivity contribution is 0.0391. The van der Waals surface area contributed by atoms with E-state index in [0.717, 1.165) is 53.8 Å². The Bertz CT molecular complexity index is 1010. The number of rotatable bonds is 5. The molecule has 1 aliphatic rings. The van der Waals surface area contributed by atoms with Crippen LogP contribution in [-0.4, -0.2) is 55.2 Å². The summed E-state index contributed by atoms with van der Waals surface area (Å²) < 4.78 is 6.57. The van der Waals surface area contributed by atoms with Gasteiger partial charge in [0.15, 0.2) is 5.13 Å². The average Bonchev–Trinajstić information content (AvgIpc) is 3.17. The Morgan fingerprint density at radius 3 is 2.55 bits per heavy atom. The zero-order valence-corrected chi connectivity index (χ0v) is 18.1. The van der Waals surface area contributed by atoms with Gasteiger partial charge in [0.05, 0.1) is 23.4 Å². The van der Waals surface area contributed by atoms with Crippen LogP contribution in [0.2, 0.25) is 0 Å². The lowest BCUT2D eigenvalue weighted by atomic mass is 10.1. The van der Waals surface area contributed by atoms with Crippen molar-refractivity contribution in [3.05, 3.63) is 58.7 Å². The van der Waals surface area contributed by atoms with Crippen molar-refractivity contribution in [2.24, 2.45) is 0 Å². The monoisotopic (exact) mass is 409 g/mol. The fourth-order valence-corrected chi connectivity index (χ4v) is 4.58. The van der Waals surface area contributed by atoms with E-state index in [4.69, 9.17) is 9.72 Å². The molecular formula is C23H27N3O2S. The SMILES string of the molecule is Cc1ccc(C(=O)N(CCN2CCOCC2)c2nc3c(C)c(C)ccc3s2)cc1. The molecule has 0 aliphatic carbocycles. The van der Waals surface area contributed by atoms with Crippen molar-refractivity contribution in [2.45, 2.75) is 20.8 Å². The number of thiazole rings is 1. The van der Waals surface area contributed by atoms with Crippen LogP contribution in [-0.2, 0) is 4.74 Å². The molecule has 3 aromatic rings. The summed E-state index contributed by atoms with van der Waals surface area (Å²) in [4.78, 5) is 22.5. The smallest absolute Gasteiger partial charge is 0.260 e. The summed E-state index contributed by atoms with van der Waals surface area (Å²) in [7, 11) is 0. The summed E-state index contributed by atoms with van der Waals surface area (Å²) in [5.41, 5.74) is 5.25. The highest BCUT2D eigenvalue weighted by molar-refractivity contribution is 7.22. The highest BCUT2D eigenvalue weighted by Crippen LogP contribution is 2.32. The number of ether oxygens (including phenoxy) is 1. The van der Waals surface area contributed by atoms with Crippen LogP contribution in [0.3, 0.4) is 0 Å². The topological polar surface area (TPSA) is 45.7 Å². The van der Waals surface area contributed by atoms with E-state index in [1.165, 1.54) is 11.1 Å². The Balaban J connectivity index is 1.66. The van der Waals surface area contributed by atoms with Crippen molar-refractivity contribution in [1.29, 1.82) is 0 Å². The molecule has 6 heteroatoms. The molecule has 0 unspecified atom stereocenters. The molecule has 2 heterocycles. The number of nitrogens with zero attached hydrogens (tertiary/aromatic N) is 3. The van der Waals surface area contributed by atoms with Crippen LogP contribution in [0.1, 0.15) is 27.0 Å². The van der Waals surface area contributed by atoms with Crippen LogP contribution in [0.4, 0.5) is 5.13 Å². The van der Waals surface area contributed by atoms with Crippen molar-refractivity contribution in [2.75, 3.05) is 44.3 Å². The summed E-state index contributed by atoms with van der Waals surface area (Å²) in [5, 5.41) is 0.771. The first kappa shape index (κ1) is 20.0. The second kappa shape index (κ2) is 8.61. The van der Waals surface area contributed by atoms with Gasteiger partial charge < -0.3 is 4.74 Å². The molecule has 5 nitrogen and oxygen atoms in total. The number of hydrogen-bond donors (Lipinski definition) is 0. The first-order chi connectivity index (χ1) is 14.0. The maximum atomic E-state index is 13.4. The quantitative estimate of drug-likeness (QED) is 0.634. The Morgan fingerprint density at radius 1 is 1.10 bits per heavy atom. The third-order valence-electron chi connectivity index (χ3n) is 5.59. The van der Waals surface area contributed by atoms with E-state index in [0.29, 0.717) is 12.1 Å². The zero-order chi connectivity index (χ0) is 20.4. The third-order valence-corrected chi connectivity index (χ3v) is 6.64. The van der Waals surface area contributed by atoms with Crippen molar-refractivity contribution in [3.63, 3.8) is 0 Å². The molecule has 0 bridgehead atoms. The van der Waals surface area contributed by atoms with E-state index in [1.807, 2.05) is 36.1 Å². The van der Waals surface area contributed by atoms with E-state index >= 15 is 0 Å². The molecule has 1 saturated heterocycles. The molecule has 1 fully saturated rings. The van der Waals surface area contributed by atoms with Crippen molar-refractivity contribution in [3.8, 4) is 0 Å². The number of aryl methyl sites for hydroxylation is 3. The van der Waals surface area contributed by atoms with Crippen LogP contribution in [0, 0.1) is 20.8 Å². The number of anilines is 1. The van der Waals surface area contributed by atoms with E-state index in [2.05, 4.69) is 30.9 Å². The van der Waals surface area contributed by atoms with Crippen molar-refractivity contribution < 1.29 is 9.53 Å². The lowest BCUT2D eigenvalue weighted by Gasteiger charge is -2.29. The first-order valence-electron chi connectivity index (χ1n) is 10.1. The van der Waals surface area contributed by atoms with E-state index in [1.54, 1.807) is 11.3 Å². The van der Waals surface area contributed by atoms with Gasteiger partial charge in [-0.3, -0.25) is 14.6 Å². The number of hydrogen-bond acceptors (Lipinski definition) is 5. The molecule has 0 radical (unpaired) electrons. The van der Waals surface area contributed by atoms with Gasteiger partial charge in [0.25, 0.3) is 5.91 Å². The number of benzene rings is 2. The predicted octanol–water partition coefficient (Wildman–Crippen LogP) is 4.20.